The molecule has 1 aliphatic heterocycles. The van der Waals surface area contributed by atoms with Crippen LogP contribution in [-0.2, 0) is 24.1 Å². The molecule has 0 bridgehead atoms. The number of thioether (sulfide) groups is 1. The molecule has 8 heteroatoms. The molecule has 0 N–H and O–H groups in total. The number of carbonyl (C=O) groups excluding carboxylic acids is 1. The third-order valence-electron chi connectivity index (χ3n) is 5.14. The van der Waals surface area contributed by atoms with E-state index in [9.17, 15) is 4.79 Å². The number of fused-ring (bicyclic) bond motifs is 2. The molecule has 0 saturated carbocycles. The molecule has 0 aliphatic carbocycles. The average molecular weight is 449 g/mol. The lowest BCUT2D eigenvalue weighted by Crippen LogP contribution is -2.28. The Bertz CT molecular complexity index is 1190. The summed E-state index contributed by atoms with van der Waals surface area (Å²) < 4.78 is 5.73. The Labute approximate surface area is 188 Å². The summed E-state index contributed by atoms with van der Waals surface area (Å²) in [4.78, 5) is 19.6. The van der Waals surface area contributed by atoms with Crippen LogP contribution in [0.3, 0.4) is 0 Å². The lowest BCUT2D eigenvalue weighted by atomic mass is 10.0. The zero-order valence-corrected chi connectivity index (χ0v) is 18.6. The molecule has 6 nitrogen and oxygen atoms in total. The number of rotatable bonds is 5. The summed E-state index contributed by atoms with van der Waals surface area (Å²) in [6.45, 7) is 1.97. The summed E-state index contributed by atoms with van der Waals surface area (Å²) in [6, 6.07) is 16.2. The molecule has 2 aromatic heterocycles. The van der Waals surface area contributed by atoms with Crippen molar-refractivity contribution in [3.05, 3.63) is 81.6 Å². The van der Waals surface area contributed by atoms with Crippen molar-refractivity contribution >= 4 is 40.4 Å². The molecule has 4 aromatic rings. The zero-order chi connectivity index (χ0) is 21.2. The first-order valence-corrected chi connectivity index (χ1v) is 11.9. The molecular formula is C23H20N4O2S2. The highest BCUT2D eigenvalue weighted by atomic mass is 32.2. The smallest absolute Gasteiger partial charge is 0.277 e. The number of carbonyl (C=O) groups is 1. The Morgan fingerprint density at radius 1 is 1.06 bits per heavy atom. The summed E-state index contributed by atoms with van der Waals surface area (Å²) in [7, 11) is 0. The van der Waals surface area contributed by atoms with Gasteiger partial charge in [-0.3, -0.25) is 9.69 Å². The Kier molecular flexibility index (Phi) is 5.57. The monoisotopic (exact) mass is 448 g/mol. The number of hydrogen-bond acceptors (Lipinski definition) is 7. The first-order chi connectivity index (χ1) is 15.2. The first kappa shape index (κ1) is 20.0. The maximum atomic E-state index is 13.4. The minimum absolute atomic E-state index is 0.0123. The van der Waals surface area contributed by atoms with Gasteiger partial charge in [-0.05, 0) is 43.0 Å². The number of hydrogen-bond donors (Lipinski definition) is 0. The fourth-order valence-electron chi connectivity index (χ4n) is 3.75. The molecule has 3 heterocycles. The van der Waals surface area contributed by atoms with Crippen molar-refractivity contribution in [1.82, 2.24) is 15.2 Å². The van der Waals surface area contributed by atoms with Crippen molar-refractivity contribution in [2.24, 2.45) is 0 Å². The number of anilines is 2. The fourth-order valence-corrected chi connectivity index (χ4v) is 4.99. The minimum atomic E-state index is -0.0123. The van der Waals surface area contributed by atoms with Crippen LogP contribution in [0.2, 0.25) is 0 Å². The van der Waals surface area contributed by atoms with E-state index < -0.39 is 0 Å². The number of thiazole rings is 1. The molecule has 0 saturated heterocycles. The van der Waals surface area contributed by atoms with Gasteiger partial charge >= 0.3 is 0 Å². The molecule has 31 heavy (non-hydrogen) atoms. The summed E-state index contributed by atoms with van der Waals surface area (Å²) in [6.07, 6.45) is 2.32. The third-order valence-corrected chi connectivity index (χ3v) is 6.77. The Morgan fingerprint density at radius 2 is 1.74 bits per heavy atom. The highest BCUT2D eigenvalue weighted by Gasteiger charge is 2.26. The third kappa shape index (κ3) is 4.26. The Hall–Kier alpha value is -2.97. The second-order valence-corrected chi connectivity index (χ2v) is 9.26. The van der Waals surface area contributed by atoms with Gasteiger partial charge in [0.05, 0.1) is 34.2 Å². The van der Waals surface area contributed by atoms with E-state index >= 15 is 0 Å². The van der Waals surface area contributed by atoms with E-state index in [2.05, 4.69) is 27.3 Å². The van der Waals surface area contributed by atoms with Crippen LogP contribution in [0, 0.1) is 6.92 Å². The summed E-state index contributed by atoms with van der Waals surface area (Å²) >= 11 is 2.86. The zero-order valence-electron chi connectivity index (χ0n) is 16.9. The average Bonchev–Trinajstić information content (AvgIpc) is 3.36. The first-order valence-electron chi connectivity index (χ1n) is 10.0. The maximum Gasteiger partial charge on any atom is 0.277 e. The fraction of sp³-hybridized carbons (Fsp3) is 0.217. The molecular weight excluding hydrogens is 428 g/mol. The second-order valence-electron chi connectivity index (χ2n) is 7.27. The minimum Gasteiger partial charge on any atom is -0.416 e. The highest BCUT2D eigenvalue weighted by Crippen LogP contribution is 2.36. The van der Waals surface area contributed by atoms with Crippen LogP contribution < -0.4 is 4.90 Å². The van der Waals surface area contributed by atoms with Gasteiger partial charge in [-0.25, -0.2) is 4.98 Å². The number of para-hydroxylation sites is 2. The molecule has 0 fully saturated rings. The molecule has 1 aliphatic rings. The van der Waals surface area contributed by atoms with Gasteiger partial charge in [0, 0.05) is 5.38 Å². The molecule has 0 spiro atoms. The van der Waals surface area contributed by atoms with Crippen LogP contribution in [0.5, 0.6) is 0 Å². The van der Waals surface area contributed by atoms with Gasteiger partial charge in [-0.15, -0.1) is 21.5 Å². The van der Waals surface area contributed by atoms with Gasteiger partial charge in [-0.2, -0.15) is 0 Å². The Balaban J connectivity index is 1.34. The normalized spacial score (nSPS) is 12.9. The predicted molar refractivity (Wildman–Crippen MR) is 122 cm³/mol. The molecule has 0 unspecified atom stereocenters. The lowest BCUT2D eigenvalue weighted by molar-refractivity contribution is -0.115. The van der Waals surface area contributed by atoms with Gasteiger partial charge in [-0.1, -0.05) is 48.2 Å². The van der Waals surface area contributed by atoms with Crippen molar-refractivity contribution in [3.63, 3.8) is 0 Å². The van der Waals surface area contributed by atoms with Crippen molar-refractivity contribution in [2.45, 2.75) is 31.4 Å². The largest absolute Gasteiger partial charge is 0.416 e. The quantitative estimate of drug-likeness (QED) is 0.401. The van der Waals surface area contributed by atoms with Crippen LogP contribution in [0.25, 0.3) is 0 Å². The SMILES string of the molecule is Cc1nc(Cc2nnc(SCC(=O)N3c4ccccc4CCc4ccccc43)o2)cs1. The molecule has 5 rings (SSSR count). The van der Waals surface area contributed by atoms with Gasteiger partial charge < -0.3 is 4.42 Å². The predicted octanol–water partition coefficient (Wildman–Crippen LogP) is 4.98. The number of aryl methyl sites for hydroxylation is 3. The standard InChI is InChI=1S/C23H20N4O2S2/c1-15-24-18(13-30-15)12-21-25-26-23(29-21)31-14-22(28)27-19-8-4-2-6-16(19)10-11-17-7-3-5-9-20(17)27/h2-9,13H,10-12,14H2,1H3. The summed E-state index contributed by atoms with van der Waals surface area (Å²) in [5.41, 5.74) is 5.16. The van der Waals surface area contributed by atoms with E-state index in [1.165, 1.54) is 22.9 Å². The lowest BCUT2D eigenvalue weighted by Gasteiger charge is -2.24. The summed E-state index contributed by atoms with van der Waals surface area (Å²) in [5.74, 6) is 0.701. The van der Waals surface area contributed by atoms with Crippen LogP contribution in [0.1, 0.15) is 27.7 Å². The molecule has 1 amide bonds. The second kappa shape index (κ2) is 8.64. The van der Waals surface area contributed by atoms with E-state index in [1.54, 1.807) is 11.3 Å². The van der Waals surface area contributed by atoms with Gasteiger partial charge in [0.2, 0.25) is 11.8 Å². The van der Waals surface area contributed by atoms with E-state index in [-0.39, 0.29) is 11.7 Å². The number of nitrogens with zero attached hydrogens (tertiary/aromatic N) is 4. The van der Waals surface area contributed by atoms with E-state index in [1.807, 2.05) is 53.6 Å². The van der Waals surface area contributed by atoms with Crippen molar-refractivity contribution in [3.8, 4) is 0 Å². The molecule has 156 valence electrons. The highest BCUT2D eigenvalue weighted by molar-refractivity contribution is 7.99. The van der Waals surface area contributed by atoms with Crippen molar-refractivity contribution < 1.29 is 9.21 Å². The molecule has 0 radical (unpaired) electrons. The van der Waals surface area contributed by atoms with Crippen LogP contribution in [0.4, 0.5) is 11.4 Å². The van der Waals surface area contributed by atoms with Gasteiger partial charge in [0.25, 0.3) is 5.22 Å². The van der Waals surface area contributed by atoms with E-state index in [4.69, 9.17) is 4.42 Å². The number of aromatic nitrogens is 3. The van der Waals surface area contributed by atoms with Crippen molar-refractivity contribution in [1.29, 1.82) is 0 Å². The molecule has 0 atom stereocenters. The van der Waals surface area contributed by atoms with Crippen LogP contribution >= 0.6 is 23.1 Å². The van der Waals surface area contributed by atoms with Crippen LogP contribution in [0.15, 0.2) is 63.6 Å². The van der Waals surface area contributed by atoms with E-state index in [0.29, 0.717) is 17.5 Å². The maximum absolute atomic E-state index is 13.4. The number of amides is 1. The van der Waals surface area contributed by atoms with Gasteiger partial charge in [0.1, 0.15) is 0 Å². The molecule has 2 aromatic carbocycles. The van der Waals surface area contributed by atoms with Crippen molar-refractivity contribution in [2.75, 3.05) is 10.7 Å². The number of benzene rings is 2. The topological polar surface area (TPSA) is 72.1 Å². The Morgan fingerprint density at radius 3 is 2.39 bits per heavy atom. The van der Waals surface area contributed by atoms with Crippen LogP contribution in [-0.4, -0.2) is 26.8 Å². The van der Waals surface area contributed by atoms with Gasteiger partial charge in [0.15, 0.2) is 0 Å². The van der Waals surface area contributed by atoms with E-state index in [0.717, 1.165) is 34.9 Å². The summed E-state index contributed by atoms with van der Waals surface area (Å²) in [5, 5.41) is 11.6.